The number of hydrogen-bond acceptors (Lipinski definition) is 13. The Bertz CT molecular complexity index is 1490. The summed E-state index contributed by atoms with van der Waals surface area (Å²) in [6.45, 7) is 7.97. The summed E-state index contributed by atoms with van der Waals surface area (Å²) in [5.41, 5.74) is -0.828. The Morgan fingerprint density at radius 3 is 2.19 bits per heavy atom. The maximum atomic E-state index is 11.3. The maximum Gasteiger partial charge on any atom is 0.187 e. The summed E-state index contributed by atoms with van der Waals surface area (Å²) in [5.74, 6) is 0.312. The van der Waals surface area contributed by atoms with Crippen LogP contribution in [0.4, 0.5) is 0 Å². The third kappa shape index (κ3) is 5.98. The van der Waals surface area contributed by atoms with Crippen LogP contribution >= 0.6 is 0 Å². The number of aliphatic hydroxyl groups excluding tert-OH is 7. The maximum absolute atomic E-state index is 11.3. The highest BCUT2D eigenvalue weighted by atomic mass is 16.7. The van der Waals surface area contributed by atoms with Crippen LogP contribution in [0.2, 0.25) is 0 Å². The molecule has 298 valence electrons. The van der Waals surface area contributed by atoms with Crippen molar-refractivity contribution in [2.24, 2.45) is 52.3 Å². The number of ether oxygens (including phenoxy) is 6. The van der Waals surface area contributed by atoms with Gasteiger partial charge >= 0.3 is 0 Å². The molecule has 0 bridgehead atoms. The first-order chi connectivity index (χ1) is 26.6. The first-order valence-electron chi connectivity index (χ1n) is 22.2. The average Bonchev–Trinajstić information content (AvgIpc) is 3.60. The summed E-state index contributed by atoms with van der Waals surface area (Å²) in [5, 5.41) is 73.2. The van der Waals surface area contributed by atoms with Crippen LogP contribution in [0.5, 0.6) is 0 Å². The predicted molar refractivity (Wildman–Crippen MR) is 183 cm³/mol. The van der Waals surface area contributed by atoms with Gasteiger partial charge in [-0.3, -0.25) is 0 Å². The number of rotatable bonds is 6. The van der Waals surface area contributed by atoms with E-state index >= 15 is 0 Å². The van der Waals surface area contributed by atoms with Gasteiger partial charge in [-0.15, -0.1) is 0 Å². The van der Waals surface area contributed by atoms with Gasteiger partial charge in [-0.2, -0.15) is 0 Å². The van der Waals surface area contributed by atoms with E-state index in [2.05, 4.69) is 20.8 Å². The van der Waals surface area contributed by atoms with Gasteiger partial charge in [0.2, 0.25) is 0 Å². The Balaban J connectivity index is 0.994. The molecule has 0 unspecified atom stereocenters. The molecule has 52 heavy (non-hydrogen) atoms. The zero-order chi connectivity index (χ0) is 41.4. The highest BCUT2D eigenvalue weighted by molar-refractivity contribution is 5.15. The molecule has 0 amide bonds. The molecule has 8 rings (SSSR count). The van der Waals surface area contributed by atoms with Gasteiger partial charge in [-0.05, 0) is 104 Å². The monoisotopic (exact) mass is 745 g/mol. The largest absolute Gasteiger partial charge is 0.394 e. The third-order valence-corrected chi connectivity index (χ3v) is 15.3. The Morgan fingerprint density at radius 1 is 0.769 bits per heavy atom. The molecule has 8 fully saturated rings. The van der Waals surface area contributed by atoms with Crippen LogP contribution < -0.4 is 0 Å². The van der Waals surface area contributed by atoms with Crippen LogP contribution in [0, 0.1) is 52.3 Å². The highest BCUT2D eigenvalue weighted by Crippen LogP contribution is 2.71. The van der Waals surface area contributed by atoms with Crippen molar-refractivity contribution in [2.75, 3.05) is 19.8 Å². The summed E-state index contributed by atoms with van der Waals surface area (Å²) in [7, 11) is 0. The molecule has 4 aliphatic carbocycles. The van der Waals surface area contributed by atoms with Crippen LogP contribution in [0.15, 0.2) is 0 Å². The van der Waals surface area contributed by atoms with E-state index in [4.69, 9.17) is 28.4 Å². The SMILES string of the molecule is [2H]C1([2H])C[C@]2(C)[C@H]3CC[C@]4(C)[C@@H]5[C@H](C[C@H]4[C@@H]3CC[C@H]2C([2H])([2H])[C@@]1([2H])O[C@@H]1O[C@H](CO)[C@@H](O[C@@H]2O[C@H](CO)[C@@H](O)[C@H](O)[C@H]2O)[C@H](O)[C@H]1O)O[C@]1(CC[C@@H](C)CO1)[C@H]5C. The molecule has 4 aliphatic heterocycles. The van der Waals surface area contributed by atoms with Gasteiger partial charge in [-0.1, -0.05) is 27.7 Å². The van der Waals surface area contributed by atoms with Gasteiger partial charge in [0.05, 0.1) is 33.4 Å². The van der Waals surface area contributed by atoms with E-state index < -0.39 is 111 Å². The van der Waals surface area contributed by atoms with E-state index in [9.17, 15) is 42.6 Å². The lowest BCUT2D eigenvalue weighted by Crippen LogP contribution is -2.65. The second-order valence-corrected chi connectivity index (χ2v) is 18.0. The lowest BCUT2D eigenvalue weighted by molar-refractivity contribution is -0.364. The summed E-state index contributed by atoms with van der Waals surface area (Å²) < 4.78 is 83.5. The van der Waals surface area contributed by atoms with Gasteiger partial charge in [0.1, 0.15) is 48.8 Å². The van der Waals surface area contributed by atoms with Crippen molar-refractivity contribution in [3.63, 3.8) is 0 Å². The van der Waals surface area contributed by atoms with E-state index in [0.29, 0.717) is 37.2 Å². The average molecular weight is 746 g/mol. The number of aliphatic hydroxyl groups is 7. The smallest absolute Gasteiger partial charge is 0.187 e. The van der Waals surface area contributed by atoms with Crippen LogP contribution in [0.3, 0.4) is 0 Å². The van der Waals surface area contributed by atoms with Crippen LogP contribution in [0.25, 0.3) is 0 Å². The third-order valence-electron chi connectivity index (χ3n) is 15.3. The molecule has 0 radical (unpaired) electrons. The zero-order valence-electron chi connectivity index (χ0n) is 35.8. The van der Waals surface area contributed by atoms with Crippen molar-refractivity contribution in [3.8, 4) is 0 Å². The van der Waals surface area contributed by atoms with Gasteiger partial charge in [-0.25, -0.2) is 0 Å². The van der Waals surface area contributed by atoms with Gasteiger partial charge < -0.3 is 64.2 Å². The molecule has 4 saturated heterocycles. The molecule has 0 aromatic carbocycles. The molecule has 22 atom stereocenters. The van der Waals surface area contributed by atoms with Crippen molar-refractivity contribution in [1.82, 2.24) is 0 Å². The first-order valence-corrected chi connectivity index (χ1v) is 19.7. The van der Waals surface area contributed by atoms with Gasteiger partial charge in [0, 0.05) is 17.8 Å². The lowest BCUT2D eigenvalue weighted by Gasteiger charge is -2.61. The molecule has 13 nitrogen and oxygen atoms in total. The van der Waals surface area contributed by atoms with E-state index in [1.54, 1.807) is 0 Å². The van der Waals surface area contributed by atoms with Crippen molar-refractivity contribution in [3.05, 3.63) is 0 Å². The van der Waals surface area contributed by atoms with Gasteiger partial charge in [0.15, 0.2) is 18.4 Å². The molecule has 13 heteroatoms. The second-order valence-electron chi connectivity index (χ2n) is 18.0. The zero-order valence-corrected chi connectivity index (χ0v) is 30.8. The summed E-state index contributed by atoms with van der Waals surface area (Å²) in [6.07, 6.45) is -20.2. The molecule has 4 saturated carbocycles. The molecule has 0 aromatic rings. The molecular weight excluding hydrogens is 676 g/mol. The fourth-order valence-electron chi connectivity index (χ4n) is 12.3. The summed E-state index contributed by atoms with van der Waals surface area (Å²) in [6, 6.07) is 0. The Morgan fingerprint density at radius 2 is 1.48 bits per heavy atom. The normalized spacial score (nSPS) is 63.8. The number of hydrogen-bond donors (Lipinski definition) is 7. The second kappa shape index (κ2) is 14.1. The van der Waals surface area contributed by atoms with E-state index in [1.807, 2.05) is 6.92 Å². The fourth-order valence-corrected chi connectivity index (χ4v) is 12.3. The van der Waals surface area contributed by atoms with E-state index in [0.717, 1.165) is 32.1 Å². The summed E-state index contributed by atoms with van der Waals surface area (Å²) >= 11 is 0. The minimum atomic E-state index is -2.92. The van der Waals surface area contributed by atoms with Crippen LogP contribution in [-0.4, -0.2) is 135 Å². The molecule has 1 spiro atoms. The van der Waals surface area contributed by atoms with Crippen molar-refractivity contribution >= 4 is 0 Å². The number of fused-ring (bicyclic) bond motifs is 7. The Hall–Kier alpha value is -0.520. The minimum Gasteiger partial charge on any atom is -0.394 e. The molecule has 0 aromatic heterocycles. The minimum absolute atomic E-state index is 0.00226. The Labute approximate surface area is 314 Å². The fraction of sp³-hybridized carbons (Fsp3) is 1.00. The van der Waals surface area contributed by atoms with Crippen LogP contribution in [-0.2, 0) is 28.4 Å². The topological polar surface area (TPSA) is 197 Å². The first kappa shape index (κ1) is 32.6. The Kier molecular flexibility index (Phi) is 8.85. The van der Waals surface area contributed by atoms with Crippen LogP contribution in [0.1, 0.15) is 98.7 Å². The molecule has 8 aliphatic rings. The molecule has 7 N–H and O–H groups in total. The lowest BCUT2D eigenvalue weighted by atomic mass is 9.44. The standard InChI is InChI=1S/C39H64O13/c1-18-7-12-39(47-17-18)19(2)28-25(52-39)14-24-22-6-5-20-13-21(8-10-37(20,3)23(22)9-11-38(24,28)4)48-35-33(46)31(44)34(27(16-41)50-35)51-36-32(45)30(43)29(42)26(15-40)49-36/h18-36,40-46H,5-17H2,1-4H3/t18-,19+,20+,21+,22-,23+,24+,25+,26-,27-,28+,29-,30+,31-,32-,33-,34-,35-,36+,37+,38+,39-/m1/s1/i8D2,13D2,21D. The summed E-state index contributed by atoms with van der Waals surface area (Å²) in [4.78, 5) is 0. The van der Waals surface area contributed by atoms with Crippen molar-refractivity contribution < 1.29 is 71.0 Å². The highest BCUT2D eigenvalue weighted by Gasteiger charge is 2.69. The quantitative estimate of drug-likeness (QED) is 0.193. The molecule has 4 heterocycles. The van der Waals surface area contributed by atoms with Crippen molar-refractivity contribution in [2.45, 2.75) is 171 Å². The predicted octanol–water partition coefficient (Wildman–Crippen LogP) is 1.44. The molecular formula is C39H64O13. The van der Waals surface area contributed by atoms with E-state index in [-0.39, 0.29) is 35.7 Å². The van der Waals surface area contributed by atoms with Gasteiger partial charge in [0.25, 0.3) is 0 Å². The van der Waals surface area contributed by atoms with E-state index in [1.165, 1.54) is 0 Å². The van der Waals surface area contributed by atoms with Crippen molar-refractivity contribution in [1.29, 1.82) is 0 Å².